The van der Waals surface area contributed by atoms with Crippen molar-refractivity contribution in [1.29, 1.82) is 0 Å². The number of rotatable bonds is 4. The highest BCUT2D eigenvalue weighted by Gasteiger charge is 2.30. The Morgan fingerprint density at radius 3 is 2.58 bits per heavy atom. The van der Waals surface area contributed by atoms with Gasteiger partial charge in [-0.25, -0.2) is 8.42 Å². The second-order valence-corrected chi connectivity index (χ2v) is 8.71. The molecule has 1 aliphatic heterocycles. The maximum Gasteiger partial charge on any atom is 0.244 e. The van der Waals surface area contributed by atoms with Crippen LogP contribution < -0.4 is 0 Å². The normalized spacial score (nSPS) is 18.1. The first kappa shape index (κ1) is 17.2. The fraction of sp³-hybridized carbons (Fsp3) is 0.444. The average Bonchev–Trinajstić information content (AvgIpc) is 3.32. The molecule has 2 aliphatic rings. The van der Waals surface area contributed by atoms with Crippen LogP contribution in [0, 0.1) is 0 Å². The number of hydrogen-bond donors (Lipinski definition) is 0. The van der Waals surface area contributed by atoms with Crippen LogP contribution in [-0.4, -0.2) is 59.5 Å². The lowest BCUT2D eigenvalue weighted by atomic mass is 10.1. The van der Waals surface area contributed by atoms with Gasteiger partial charge in [0, 0.05) is 38.6 Å². The summed E-state index contributed by atoms with van der Waals surface area (Å²) < 4.78 is 28.9. The number of aromatic nitrogens is 2. The first-order valence-corrected chi connectivity index (χ1v) is 10.4. The van der Waals surface area contributed by atoms with E-state index in [1.807, 2.05) is 12.1 Å². The van der Waals surface area contributed by atoms with Gasteiger partial charge in [-0.05, 0) is 48.6 Å². The Labute approximate surface area is 153 Å². The summed E-state index contributed by atoms with van der Waals surface area (Å²) >= 11 is 0. The second kappa shape index (κ2) is 6.85. The number of amides is 1. The molecule has 1 aromatic carbocycles. The molecule has 7 nitrogen and oxygen atoms in total. The Bertz CT molecular complexity index is 901. The summed E-state index contributed by atoms with van der Waals surface area (Å²) in [4.78, 5) is 14.4. The van der Waals surface area contributed by atoms with E-state index in [0.717, 1.165) is 24.8 Å². The number of benzene rings is 1. The van der Waals surface area contributed by atoms with E-state index in [0.29, 0.717) is 31.1 Å². The molecule has 0 spiro atoms. The minimum atomic E-state index is -3.50. The van der Waals surface area contributed by atoms with Crippen LogP contribution in [0.4, 0.5) is 0 Å². The Balaban J connectivity index is 1.41. The maximum atomic E-state index is 12.9. The third-order valence-electron chi connectivity index (χ3n) is 5.16. The Morgan fingerprint density at radius 1 is 1.08 bits per heavy atom. The van der Waals surface area contributed by atoms with Crippen LogP contribution in [0.2, 0.25) is 0 Å². The van der Waals surface area contributed by atoms with Crippen molar-refractivity contribution >= 4 is 15.9 Å². The number of fused-ring (bicyclic) bond motifs is 1. The molecule has 1 fully saturated rings. The predicted molar refractivity (Wildman–Crippen MR) is 96.0 cm³/mol. The Hall–Kier alpha value is -2.19. The fourth-order valence-electron chi connectivity index (χ4n) is 3.67. The molecule has 1 aliphatic carbocycles. The first-order chi connectivity index (χ1) is 12.5. The van der Waals surface area contributed by atoms with Gasteiger partial charge in [-0.3, -0.25) is 9.48 Å². The van der Waals surface area contributed by atoms with Crippen molar-refractivity contribution in [2.24, 2.45) is 0 Å². The van der Waals surface area contributed by atoms with E-state index in [1.54, 1.807) is 34.1 Å². The SMILES string of the molecule is O=C(Cn1cccn1)N1CCN(S(=O)(=O)c2ccc3c(c2)CCC3)CC1. The standard InChI is InChI=1S/C18H22N4O3S/c23-18(14-21-8-2-7-19-21)20-9-11-22(12-10-20)26(24,25)17-6-5-15-3-1-4-16(15)13-17/h2,5-8,13H,1,3-4,9-12,14H2. The topological polar surface area (TPSA) is 75.5 Å². The molecule has 8 heteroatoms. The molecule has 1 amide bonds. The Morgan fingerprint density at radius 2 is 1.85 bits per heavy atom. The molecule has 2 heterocycles. The van der Waals surface area contributed by atoms with Gasteiger partial charge in [0.15, 0.2) is 0 Å². The van der Waals surface area contributed by atoms with E-state index in [2.05, 4.69) is 5.10 Å². The van der Waals surface area contributed by atoms with Crippen molar-refractivity contribution in [3.8, 4) is 0 Å². The van der Waals surface area contributed by atoms with Crippen LogP contribution in [0.3, 0.4) is 0 Å². The van der Waals surface area contributed by atoms with E-state index in [4.69, 9.17) is 0 Å². The number of carbonyl (C=O) groups is 1. The van der Waals surface area contributed by atoms with Gasteiger partial charge in [-0.1, -0.05) is 6.07 Å². The van der Waals surface area contributed by atoms with Gasteiger partial charge >= 0.3 is 0 Å². The molecule has 0 radical (unpaired) electrons. The molecule has 1 aromatic heterocycles. The molecule has 0 saturated carbocycles. The third kappa shape index (κ3) is 3.26. The van der Waals surface area contributed by atoms with Crippen molar-refractivity contribution in [2.45, 2.75) is 30.7 Å². The quantitative estimate of drug-likeness (QED) is 0.797. The van der Waals surface area contributed by atoms with Gasteiger partial charge in [0.1, 0.15) is 6.54 Å². The van der Waals surface area contributed by atoms with Gasteiger partial charge in [0.2, 0.25) is 15.9 Å². The summed E-state index contributed by atoms with van der Waals surface area (Å²) in [5, 5.41) is 4.04. The van der Waals surface area contributed by atoms with E-state index in [-0.39, 0.29) is 12.5 Å². The number of aryl methyl sites for hydroxylation is 2. The van der Waals surface area contributed by atoms with Crippen molar-refractivity contribution in [3.05, 3.63) is 47.8 Å². The minimum Gasteiger partial charge on any atom is -0.338 e. The first-order valence-electron chi connectivity index (χ1n) is 8.91. The highest BCUT2D eigenvalue weighted by molar-refractivity contribution is 7.89. The van der Waals surface area contributed by atoms with Crippen molar-refractivity contribution in [2.75, 3.05) is 26.2 Å². The molecule has 0 bridgehead atoms. The molecule has 4 rings (SSSR count). The number of carbonyl (C=O) groups excluding carboxylic acids is 1. The van der Waals surface area contributed by atoms with E-state index < -0.39 is 10.0 Å². The number of nitrogens with zero attached hydrogens (tertiary/aromatic N) is 4. The van der Waals surface area contributed by atoms with Gasteiger partial charge in [0.05, 0.1) is 4.90 Å². The summed E-state index contributed by atoms with van der Waals surface area (Å²) in [7, 11) is -3.50. The highest BCUT2D eigenvalue weighted by atomic mass is 32.2. The average molecular weight is 374 g/mol. The molecule has 26 heavy (non-hydrogen) atoms. The number of piperazine rings is 1. The molecule has 0 N–H and O–H groups in total. The number of hydrogen-bond acceptors (Lipinski definition) is 4. The minimum absolute atomic E-state index is 0.0386. The van der Waals surface area contributed by atoms with E-state index in [1.165, 1.54) is 9.87 Å². The summed E-state index contributed by atoms with van der Waals surface area (Å²) in [6, 6.07) is 7.26. The maximum absolute atomic E-state index is 12.9. The second-order valence-electron chi connectivity index (χ2n) is 6.77. The largest absolute Gasteiger partial charge is 0.338 e. The van der Waals surface area contributed by atoms with Gasteiger partial charge in [-0.15, -0.1) is 0 Å². The smallest absolute Gasteiger partial charge is 0.244 e. The summed E-state index contributed by atoms with van der Waals surface area (Å²) in [6.07, 6.45) is 6.46. The van der Waals surface area contributed by atoms with Crippen molar-refractivity contribution in [3.63, 3.8) is 0 Å². The van der Waals surface area contributed by atoms with Crippen LogP contribution in [0.5, 0.6) is 0 Å². The number of sulfonamides is 1. The van der Waals surface area contributed by atoms with E-state index in [9.17, 15) is 13.2 Å². The molecule has 138 valence electrons. The van der Waals surface area contributed by atoms with Crippen LogP contribution in [0.1, 0.15) is 17.5 Å². The zero-order chi connectivity index (χ0) is 18.1. The highest BCUT2D eigenvalue weighted by Crippen LogP contribution is 2.26. The lowest BCUT2D eigenvalue weighted by Gasteiger charge is -2.34. The van der Waals surface area contributed by atoms with Crippen molar-refractivity contribution < 1.29 is 13.2 Å². The zero-order valence-electron chi connectivity index (χ0n) is 14.5. The van der Waals surface area contributed by atoms with Crippen LogP contribution in [-0.2, 0) is 34.2 Å². The lowest BCUT2D eigenvalue weighted by molar-refractivity contribution is -0.133. The Kier molecular flexibility index (Phi) is 4.54. The van der Waals surface area contributed by atoms with Gasteiger partial charge in [0.25, 0.3) is 0 Å². The molecule has 0 atom stereocenters. The summed E-state index contributed by atoms with van der Waals surface area (Å²) in [5.74, 6) is -0.0386. The van der Waals surface area contributed by atoms with Crippen LogP contribution in [0.25, 0.3) is 0 Å². The summed E-state index contributed by atoms with van der Waals surface area (Å²) in [6.45, 7) is 1.65. The molecule has 2 aromatic rings. The van der Waals surface area contributed by atoms with Crippen LogP contribution in [0.15, 0.2) is 41.6 Å². The van der Waals surface area contributed by atoms with Gasteiger partial charge in [-0.2, -0.15) is 9.40 Å². The van der Waals surface area contributed by atoms with Crippen molar-refractivity contribution in [1.82, 2.24) is 19.0 Å². The van der Waals surface area contributed by atoms with Gasteiger partial charge < -0.3 is 4.90 Å². The lowest BCUT2D eigenvalue weighted by Crippen LogP contribution is -2.51. The van der Waals surface area contributed by atoms with E-state index >= 15 is 0 Å². The third-order valence-corrected chi connectivity index (χ3v) is 7.05. The fourth-order valence-corrected chi connectivity index (χ4v) is 5.14. The predicted octanol–water partition coefficient (Wildman–Crippen LogP) is 0.905. The zero-order valence-corrected chi connectivity index (χ0v) is 15.4. The monoisotopic (exact) mass is 374 g/mol. The molecular formula is C18H22N4O3S. The molecule has 0 unspecified atom stereocenters. The molecule has 1 saturated heterocycles. The molecular weight excluding hydrogens is 352 g/mol. The summed E-state index contributed by atoms with van der Waals surface area (Å²) in [5.41, 5.74) is 2.41. The van der Waals surface area contributed by atoms with Crippen LogP contribution >= 0.6 is 0 Å².